The molecule has 0 saturated carbocycles. The van der Waals surface area contributed by atoms with Crippen LogP contribution < -0.4 is 15.0 Å². The minimum absolute atomic E-state index is 0.0224. The zero-order chi connectivity index (χ0) is 28.2. The number of benzene rings is 2. The molecule has 0 amide bonds. The highest BCUT2D eigenvalue weighted by atomic mass is 19.2. The van der Waals surface area contributed by atoms with Gasteiger partial charge in [-0.15, -0.1) is 0 Å². The number of hydrogen-bond acceptors (Lipinski definition) is 6. The van der Waals surface area contributed by atoms with Crippen LogP contribution in [0.15, 0.2) is 36.5 Å². The number of methoxy groups -OCH3 is 1. The van der Waals surface area contributed by atoms with Crippen LogP contribution in [0.25, 0.3) is 10.9 Å². The van der Waals surface area contributed by atoms with Crippen molar-refractivity contribution in [2.45, 2.75) is 31.9 Å². The lowest BCUT2D eigenvalue weighted by atomic mass is 9.74. The number of hydrogen-bond donors (Lipinski definition) is 2. The number of nitrogens with one attached hydrogen (secondary N) is 1. The molecule has 1 atom stereocenters. The van der Waals surface area contributed by atoms with Crippen LogP contribution in [0.5, 0.6) is 5.75 Å². The van der Waals surface area contributed by atoms with Crippen molar-refractivity contribution in [1.29, 1.82) is 0 Å². The van der Waals surface area contributed by atoms with Crippen molar-refractivity contribution < 1.29 is 27.4 Å². The molecule has 212 valence electrons. The van der Waals surface area contributed by atoms with Crippen molar-refractivity contribution in [3.8, 4) is 5.75 Å². The van der Waals surface area contributed by atoms with Crippen LogP contribution in [-0.2, 0) is 0 Å². The molecule has 6 nitrogen and oxygen atoms in total. The van der Waals surface area contributed by atoms with E-state index in [1.165, 1.54) is 0 Å². The highest BCUT2D eigenvalue weighted by Gasteiger charge is 2.35. The Balaban J connectivity index is 1.37. The number of rotatable bonds is 11. The summed E-state index contributed by atoms with van der Waals surface area (Å²) < 4.78 is 61.4. The summed E-state index contributed by atoms with van der Waals surface area (Å²) in [6.45, 7) is 2.44. The average Bonchev–Trinajstić information content (AvgIpc) is 2.94. The van der Waals surface area contributed by atoms with Gasteiger partial charge in [0.05, 0.1) is 24.5 Å². The van der Waals surface area contributed by atoms with Gasteiger partial charge in [-0.25, -0.2) is 17.6 Å². The number of anilines is 2. The van der Waals surface area contributed by atoms with E-state index in [0.717, 1.165) is 12.1 Å². The van der Waals surface area contributed by atoms with E-state index in [2.05, 4.69) is 15.2 Å². The van der Waals surface area contributed by atoms with Gasteiger partial charge in [-0.2, -0.15) is 0 Å². The molecular weight excluding hydrogens is 512 g/mol. The molecule has 2 N–H and O–H groups in total. The number of halogens is 4. The van der Waals surface area contributed by atoms with Crippen molar-refractivity contribution in [3.63, 3.8) is 0 Å². The third kappa shape index (κ3) is 6.55. The summed E-state index contributed by atoms with van der Waals surface area (Å²) in [6, 6.07) is 7.32. The van der Waals surface area contributed by atoms with E-state index < -0.39 is 23.6 Å². The second-order valence-electron chi connectivity index (χ2n) is 10.5. The normalized spacial score (nSPS) is 16.3. The van der Waals surface area contributed by atoms with Crippen LogP contribution in [0, 0.1) is 22.9 Å². The van der Waals surface area contributed by atoms with E-state index in [9.17, 15) is 18.3 Å². The van der Waals surface area contributed by atoms with Gasteiger partial charge in [0, 0.05) is 62.6 Å². The molecular formula is C29H36F4N4O2. The van der Waals surface area contributed by atoms with Crippen LogP contribution in [0.1, 0.15) is 37.4 Å². The molecule has 10 heteroatoms. The van der Waals surface area contributed by atoms with Gasteiger partial charge >= 0.3 is 0 Å². The molecule has 2 aromatic carbocycles. The number of likely N-dealkylation sites (tertiary alicyclic amines) is 1. The van der Waals surface area contributed by atoms with Crippen LogP contribution in [0.3, 0.4) is 0 Å². The van der Waals surface area contributed by atoms with Crippen LogP contribution in [-0.4, -0.2) is 69.0 Å². The monoisotopic (exact) mass is 548 g/mol. The Kier molecular flexibility index (Phi) is 9.17. The van der Waals surface area contributed by atoms with Crippen LogP contribution >= 0.6 is 0 Å². The average molecular weight is 549 g/mol. The molecule has 1 fully saturated rings. The van der Waals surface area contributed by atoms with Crippen molar-refractivity contribution in [1.82, 2.24) is 9.88 Å². The summed E-state index contributed by atoms with van der Waals surface area (Å²) in [6.07, 6.45) is 2.66. The molecule has 39 heavy (non-hydrogen) atoms. The Hall–Kier alpha value is -3.11. The second kappa shape index (κ2) is 12.4. The molecule has 4 rings (SSSR count). The summed E-state index contributed by atoms with van der Waals surface area (Å²) in [5.41, 5.74) is 1.79. The predicted octanol–water partition coefficient (Wildman–Crippen LogP) is 5.70. The number of fused-ring (bicyclic) bond motifs is 1. The van der Waals surface area contributed by atoms with Gasteiger partial charge in [-0.3, -0.25) is 4.98 Å². The predicted molar refractivity (Wildman–Crippen MR) is 146 cm³/mol. The summed E-state index contributed by atoms with van der Waals surface area (Å²) in [5.74, 6) is -3.31. The highest BCUT2D eigenvalue weighted by molar-refractivity contribution is 5.88. The van der Waals surface area contributed by atoms with Crippen molar-refractivity contribution in [3.05, 3.63) is 59.5 Å². The summed E-state index contributed by atoms with van der Waals surface area (Å²) in [5, 5.41) is 13.9. The number of aliphatic hydroxyl groups is 1. The fourth-order valence-electron chi connectivity index (χ4n) is 5.33. The van der Waals surface area contributed by atoms with Crippen molar-refractivity contribution in [2.75, 3.05) is 64.2 Å². The summed E-state index contributed by atoms with van der Waals surface area (Å²) >= 11 is 0. The van der Waals surface area contributed by atoms with Crippen molar-refractivity contribution in [2.24, 2.45) is 5.41 Å². The van der Waals surface area contributed by atoms with E-state index in [0.29, 0.717) is 73.3 Å². The zero-order valence-corrected chi connectivity index (χ0v) is 22.6. The Bertz CT molecular complexity index is 1260. The van der Waals surface area contributed by atoms with Gasteiger partial charge in [0.15, 0.2) is 17.5 Å². The smallest absolute Gasteiger partial charge is 0.194 e. The highest BCUT2D eigenvalue weighted by Crippen LogP contribution is 2.42. The van der Waals surface area contributed by atoms with E-state index in [4.69, 9.17) is 4.74 Å². The number of aromatic nitrogens is 1. The first-order valence-electron chi connectivity index (χ1n) is 13.2. The standard InChI is InChI=1S/C29H36F4N4O2/c1-36(2)26-17-35-25-5-4-20(39-3)16-21(25)27(26)22(30)6-7-29(18-38)8-11-37(12-9-29)13-10-34-19-14-23(31)28(33)24(32)15-19/h4-5,14-17,22,34,38H,6-13,18H2,1-3H3/t22-/m1/s1. The van der Waals surface area contributed by atoms with E-state index in [1.54, 1.807) is 13.3 Å². The summed E-state index contributed by atoms with van der Waals surface area (Å²) in [7, 11) is 5.30. The van der Waals surface area contributed by atoms with Gasteiger partial charge in [0.2, 0.25) is 0 Å². The Morgan fingerprint density at radius 2 is 1.82 bits per heavy atom. The molecule has 1 aliphatic heterocycles. The molecule has 3 aromatic rings. The number of pyridine rings is 1. The Morgan fingerprint density at radius 3 is 2.44 bits per heavy atom. The minimum Gasteiger partial charge on any atom is -0.497 e. The first-order valence-corrected chi connectivity index (χ1v) is 13.2. The minimum atomic E-state index is -1.48. The van der Waals surface area contributed by atoms with Gasteiger partial charge in [-0.05, 0) is 62.4 Å². The lowest BCUT2D eigenvalue weighted by molar-refractivity contribution is 0.0316. The molecule has 0 spiro atoms. The largest absolute Gasteiger partial charge is 0.497 e. The molecule has 2 heterocycles. The summed E-state index contributed by atoms with van der Waals surface area (Å²) in [4.78, 5) is 8.55. The van der Waals surface area contributed by atoms with Crippen LogP contribution in [0.2, 0.25) is 0 Å². The third-order valence-corrected chi connectivity index (χ3v) is 7.81. The van der Waals surface area contributed by atoms with Gasteiger partial charge in [0.25, 0.3) is 0 Å². The number of ether oxygens (including phenoxy) is 1. The number of aliphatic hydroxyl groups excluding tert-OH is 1. The molecule has 0 radical (unpaired) electrons. The second-order valence-corrected chi connectivity index (χ2v) is 10.5. The zero-order valence-electron chi connectivity index (χ0n) is 22.6. The maximum atomic E-state index is 16.0. The Morgan fingerprint density at radius 1 is 1.13 bits per heavy atom. The fraction of sp³-hybridized carbons (Fsp3) is 0.483. The molecule has 0 bridgehead atoms. The fourth-order valence-corrected chi connectivity index (χ4v) is 5.33. The molecule has 1 aromatic heterocycles. The molecule has 0 aliphatic carbocycles. The van der Waals surface area contributed by atoms with Gasteiger partial charge < -0.3 is 25.0 Å². The molecule has 1 aliphatic rings. The first-order chi connectivity index (χ1) is 18.7. The lowest BCUT2D eigenvalue weighted by Crippen LogP contribution is -2.43. The first kappa shape index (κ1) is 28.9. The van der Waals surface area contributed by atoms with Crippen molar-refractivity contribution >= 4 is 22.3 Å². The third-order valence-electron chi connectivity index (χ3n) is 7.81. The lowest BCUT2D eigenvalue weighted by Gasteiger charge is -2.41. The number of nitrogens with zero attached hydrogens (tertiary/aromatic N) is 3. The maximum absolute atomic E-state index is 16.0. The van der Waals surface area contributed by atoms with Gasteiger partial charge in [-0.1, -0.05) is 0 Å². The molecule has 0 unspecified atom stereocenters. The number of alkyl halides is 1. The maximum Gasteiger partial charge on any atom is 0.194 e. The van der Waals surface area contributed by atoms with Crippen LogP contribution in [0.4, 0.5) is 28.9 Å². The number of piperidine rings is 1. The van der Waals surface area contributed by atoms with E-state index >= 15 is 4.39 Å². The quantitative estimate of drug-likeness (QED) is 0.237. The Labute approximate surface area is 226 Å². The van der Waals surface area contributed by atoms with E-state index in [1.807, 2.05) is 37.2 Å². The topological polar surface area (TPSA) is 60.9 Å². The molecule has 1 saturated heterocycles. The SMILES string of the molecule is COc1ccc2ncc(N(C)C)c([C@H](F)CCC3(CO)CCN(CCNc4cc(F)c(F)c(F)c4)CC3)c2c1. The van der Waals surface area contributed by atoms with Gasteiger partial charge in [0.1, 0.15) is 11.9 Å². The van der Waals surface area contributed by atoms with E-state index in [-0.39, 0.29) is 24.1 Å².